The lowest BCUT2D eigenvalue weighted by atomic mass is 10.1. The predicted octanol–water partition coefficient (Wildman–Crippen LogP) is 1.55. The van der Waals surface area contributed by atoms with Crippen molar-refractivity contribution in [2.45, 2.75) is 13.3 Å². The van der Waals surface area contributed by atoms with Crippen LogP contribution in [0.1, 0.15) is 13.3 Å². The molecule has 0 bridgehead atoms. The zero-order valence-corrected chi connectivity index (χ0v) is 7.53. The second kappa shape index (κ2) is 5.59. The Labute approximate surface area is 66.3 Å². The predicted molar refractivity (Wildman–Crippen MR) is 44.2 cm³/mol. The topological polar surface area (TPSA) is 26.3 Å². The Morgan fingerprint density at radius 1 is 1.70 bits per heavy atom. The summed E-state index contributed by atoms with van der Waals surface area (Å²) in [5.74, 6) is 0.861. The monoisotopic (exact) mass is 162 g/mol. The van der Waals surface area contributed by atoms with Gasteiger partial charge in [0.1, 0.15) is 0 Å². The summed E-state index contributed by atoms with van der Waals surface area (Å²) in [6.07, 6.45) is 2.86. The molecule has 0 radical (unpaired) electrons. The van der Waals surface area contributed by atoms with Crippen LogP contribution in [0.2, 0.25) is 0 Å². The van der Waals surface area contributed by atoms with Crippen LogP contribution < -0.4 is 0 Å². The highest BCUT2D eigenvalue weighted by atomic mass is 32.2. The van der Waals surface area contributed by atoms with Crippen LogP contribution in [0.4, 0.5) is 0 Å². The molecule has 0 rings (SSSR count). The van der Waals surface area contributed by atoms with E-state index in [1.165, 1.54) is 7.11 Å². The number of ether oxygens (including phenoxy) is 1. The maximum absolute atomic E-state index is 10.9. The first-order valence-corrected chi connectivity index (χ1v) is 4.72. The lowest BCUT2D eigenvalue weighted by Crippen LogP contribution is -2.17. The van der Waals surface area contributed by atoms with Gasteiger partial charge in [-0.2, -0.15) is 11.8 Å². The molecule has 0 amide bonds. The second-order valence-electron chi connectivity index (χ2n) is 2.08. The van der Waals surface area contributed by atoms with Crippen molar-refractivity contribution in [3.8, 4) is 0 Å². The van der Waals surface area contributed by atoms with Gasteiger partial charge in [0, 0.05) is 5.75 Å². The van der Waals surface area contributed by atoms with Crippen LogP contribution in [-0.4, -0.2) is 25.1 Å². The smallest absolute Gasteiger partial charge is 0.309 e. The number of esters is 1. The zero-order chi connectivity index (χ0) is 7.98. The number of rotatable bonds is 4. The Bertz CT molecular complexity index is 104. The van der Waals surface area contributed by atoms with Gasteiger partial charge in [0.2, 0.25) is 0 Å². The largest absolute Gasteiger partial charge is 0.469 e. The first kappa shape index (κ1) is 9.82. The molecule has 1 unspecified atom stereocenters. The highest BCUT2D eigenvalue weighted by Crippen LogP contribution is 2.10. The number of thioether (sulfide) groups is 1. The van der Waals surface area contributed by atoms with Crippen LogP contribution in [0.3, 0.4) is 0 Å². The Balaban J connectivity index is 3.68. The summed E-state index contributed by atoms with van der Waals surface area (Å²) in [7, 11) is 1.44. The molecule has 0 saturated carbocycles. The molecule has 0 aliphatic heterocycles. The van der Waals surface area contributed by atoms with Crippen molar-refractivity contribution in [3.63, 3.8) is 0 Å². The number of hydrogen-bond donors (Lipinski definition) is 0. The molecule has 1 atom stereocenters. The molecule has 60 valence electrons. The van der Waals surface area contributed by atoms with E-state index in [9.17, 15) is 4.79 Å². The van der Waals surface area contributed by atoms with Gasteiger partial charge in [0.25, 0.3) is 0 Å². The molecule has 0 fully saturated rings. The quantitative estimate of drug-likeness (QED) is 0.587. The fourth-order valence-electron chi connectivity index (χ4n) is 0.720. The Hall–Kier alpha value is -0.180. The molecule has 2 nitrogen and oxygen atoms in total. The molecule has 0 spiro atoms. The maximum Gasteiger partial charge on any atom is 0.309 e. The molecule has 0 aromatic carbocycles. The van der Waals surface area contributed by atoms with E-state index in [-0.39, 0.29) is 11.9 Å². The van der Waals surface area contributed by atoms with Gasteiger partial charge in [-0.25, -0.2) is 0 Å². The molecular weight excluding hydrogens is 148 g/mol. The van der Waals surface area contributed by atoms with Crippen LogP contribution in [0, 0.1) is 5.92 Å². The molecule has 0 aromatic heterocycles. The molecular formula is C7H14O2S. The van der Waals surface area contributed by atoms with Gasteiger partial charge in [0.15, 0.2) is 0 Å². The highest BCUT2D eigenvalue weighted by Gasteiger charge is 2.14. The van der Waals surface area contributed by atoms with E-state index < -0.39 is 0 Å². The first-order chi connectivity index (χ1) is 4.76. The van der Waals surface area contributed by atoms with E-state index in [4.69, 9.17) is 0 Å². The van der Waals surface area contributed by atoms with E-state index in [0.29, 0.717) is 0 Å². The average molecular weight is 162 g/mol. The minimum Gasteiger partial charge on any atom is -0.469 e. The van der Waals surface area contributed by atoms with Gasteiger partial charge in [-0.3, -0.25) is 4.79 Å². The van der Waals surface area contributed by atoms with Crippen molar-refractivity contribution in [2.24, 2.45) is 5.92 Å². The van der Waals surface area contributed by atoms with Gasteiger partial charge >= 0.3 is 5.97 Å². The third kappa shape index (κ3) is 3.11. The van der Waals surface area contributed by atoms with Gasteiger partial charge in [-0.1, -0.05) is 6.92 Å². The molecule has 0 aliphatic carbocycles. The first-order valence-electron chi connectivity index (χ1n) is 3.33. The summed E-state index contributed by atoms with van der Waals surface area (Å²) < 4.78 is 4.60. The zero-order valence-electron chi connectivity index (χ0n) is 6.72. The minimum atomic E-state index is -0.0862. The molecule has 0 saturated heterocycles. The Morgan fingerprint density at radius 3 is 2.60 bits per heavy atom. The molecule has 10 heavy (non-hydrogen) atoms. The van der Waals surface area contributed by atoms with E-state index in [2.05, 4.69) is 4.74 Å². The third-order valence-electron chi connectivity index (χ3n) is 1.40. The molecule has 3 heteroatoms. The van der Waals surface area contributed by atoms with Crippen molar-refractivity contribution in [3.05, 3.63) is 0 Å². The summed E-state index contributed by atoms with van der Waals surface area (Å²) in [6.45, 7) is 2.00. The lowest BCUT2D eigenvalue weighted by molar-refractivity contribution is -0.144. The SMILES string of the molecule is CCC(CSC)C(=O)OC. The molecule has 0 aliphatic rings. The van der Waals surface area contributed by atoms with Crippen LogP contribution in [0.5, 0.6) is 0 Å². The maximum atomic E-state index is 10.9. The van der Waals surface area contributed by atoms with E-state index >= 15 is 0 Å². The fraction of sp³-hybridized carbons (Fsp3) is 0.857. The van der Waals surface area contributed by atoms with Crippen LogP contribution in [0.25, 0.3) is 0 Å². The third-order valence-corrected chi connectivity index (χ3v) is 2.13. The summed E-state index contributed by atoms with van der Waals surface area (Å²) in [4.78, 5) is 10.9. The average Bonchev–Trinajstić information content (AvgIpc) is 1.99. The number of carbonyl (C=O) groups excluding carboxylic acids is 1. The molecule has 0 aromatic rings. The van der Waals surface area contributed by atoms with Gasteiger partial charge in [0.05, 0.1) is 13.0 Å². The van der Waals surface area contributed by atoms with E-state index in [1.807, 2.05) is 13.2 Å². The van der Waals surface area contributed by atoms with Crippen LogP contribution in [0.15, 0.2) is 0 Å². The standard InChI is InChI=1S/C7H14O2S/c1-4-6(5-10-3)7(8)9-2/h6H,4-5H2,1-3H3. The molecule has 0 N–H and O–H groups in total. The summed E-state index contributed by atoms with van der Waals surface area (Å²) in [5.41, 5.74) is 0. The van der Waals surface area contributed by atoms with Crippen molar-refractivity contribution < 1.29 is 9.53 Å². The lowest BCUT2D eigenvalue weighted by Gasteiger charge is -2.09. The van der Waals surface area contributed by atoms with Crippen molar-refractivity contribution in [1.29, 1.82) is 0 Å². The number of hydrogen-bond acceptors (Lipinski definition) is 3. The van der Waals surface area contributed by atoms with Gasteiger partial charge < -0.3 is 4.74 Å². The van der Waals surface area contributed by atoms with E-state index in [0.717, 1.165) is 12.2 Å². The minimum absolute atomic E-state index is 0.0833. The fourth-order valence-corrected chi connectivity index (χ4v) is 1.49. The van der Waals surface area contributed by atoms with Gasteiger partial charge in [-0.05, 0) is 12.7 Å². The van der Waals surface area contributed by atoms with Crippen LogP contribution >= 0.6 is 11.8 Å². The summed E-state index contributed by atoms with van der Waals surface area (Å²) in [6, 6.07) is 0. The number of carbonyl (C=O) groups is 1. The van der Waals surface area contributed by atoms with Crippen molar-refractivity contribution in [2.75, 3.05) is 19.1 Å². The van der Waals surface area contributed by atoms with Crippen molar-refractivity contribution in [1.82, 2.24) is 0 Å². The van der Waals surface area contributed by atoms with E-state index in [1.54, 1.807) is 11.8 Å². The molecule has 0 heterocycles. The summed E-state index contributed by atoms with van der Waals surface area (Å²) >= 11 is 1.68. The summed E-state index contributed by atoms with van der Waals surface area (Å²) in [5, 5.41) is 0. The van der Waals surface area contributed by atoms with Crippen molar-refractivity contribution >= 4 is 17.7 Å². The highest BCUT2D eigenvalue weighted by molar-refractivity contribution is 7.98. The Morgan fingerprint density at radius 2 is 2.30 bits per heavy atom. The number of methoxy groups -OCH3 is 1. The van der Waals surface area contributed by atoms with Crippen LogP contribution in [-0.2, 0) is 9.53 Å². The Kier molecular flexibility index (Phi) is 5.49. The normalized spacial score (nSPS) is 12.7. The second-order valence-corrected chi connectivity index (χ2v) is 2.99. The van der Waals surface area contributed by atoms with Gasteiger partial charge in [-0.15, -0.1) is 0 Å².